The molecule has 0 amide bonds. The highest BCUT2D eigenvalue weighted by molar-refractivity contribution is 7.91. The molecule has 152 valence electrons. The van der Waals surface area contributed by atoms with Crippen LogP contribution in [0.3, 0.4) is 0 Å². The molecule has 0 saturated carbocycles. The summed E-state index contributed by atoms with van der Waals surface area (Å²) in [7, 11) is -3.95. The standard InChI is InChI=1S/C22H16Cl2N2O3S/c23-17-9-11-19(12-10-17)30(27,28)22-21(25-14-15-5-2-1-3-6-15)29-20(26-22)16-7-4-8-18(24)13-16/h1-13,25H,14H2. The molecular weight excluding hydrogens is 443 g/mol. The highest BCUT2D eigenvalue weighted by atomic mass is 35.5. The van der Waals surface area contributed by atoms with E-state index in [1.54, 1.807) is 24.3 Å². The maximum absolute atomic E-state index is 13.3. The second kappa shape index (κ2) is 8.52. The van der Waals surface area contributed by atoms with Gasteiger partial charge in [0.05, 0.1) is 4.90 Å². The van der Waals surface area contributed by atoms with Crippen molar-refractivity contribution in [2.75, 3.05) is 5.32 Å². The fourth-order valence-electron chi connectivity index (χ4n) is 2.85. The Balaban J connectivity index is 1.77. The van der Waals surface area contributed by atoms with Gasteiger partial charge in [-0.05, 0) is 48.0 Å². The summed E-state index contributed by atoms with van der Waals surface area (Å²) in [4.78, 5) is 4.37. The van der Waals surface area contributed by atoms with Crippen molar-refractivity contribution >= 4 is 38.9 Å². The summed E-state index contributed by atoms with van der Waals surface area (Å²) < 4.78 is 32.3. The van der Waals surface area contributed by atoms with E-state index >= 15 is 0 Å². The molecule has 4 aromatic rings. The monoisotopic (exact) mass is 458 g/mol. The molecule has 0 atom stereocenters. The van der Waals surface area contributed by atoms with Crippen molar-refractivity contribution in [2.45, 2.75) is 16.5 Å². The van der Waals surface area contributed by atoms with Crippen molar-refractivity contribution in [1.29, 1.82) is 0 Å². The minimum atomic E-state index is -3.95. The molecule has 1 heterocycles. The summed E-state index contributed by atoms with van der Waals surface area (Å²) in [5, 5.41) is 3.79. The predicted octanol–water partition coefficient (Wildman–Crippen LogP) is 6.09. The Morgan fingerprint density at radius 2 is 1.60 bits per heavy atom. The molecule has 0 aliphatic carbocycles. The number of sulfone groups is 1. The largest absolute Gasteiger partial charge is 0.419 e. The van der Waals surface area contributed by atoms with Gasteiger partial charge in [0, 0.05) is 22.2 Å². The first kappa shape index (κ1) is 20.5. The molecule has 30 heavy (non-hydrogen) atoms. The van der Waals surface area contributed by atoms with Crippen molar-refractivity contribution in [3.8, 4) is 11.5 Å². The molecule has 5 nitrogen and oxygen atoms in total. The number of hydrogen-bond donors (Lipinski definition) is 1. The molecule has 1 aromatic heterocycles. The number of aromatic nitrogens is 1. The minimum Gasteiger partial charge on any atom is -0.419 e. The second-order valence-corrected chi connectivity index (χ2v) is 9.20. The van der Waals surface area contributed by atoms with Crippen molar-refractivity contribution in [2.24, 2.45) is 0 Å². The number of hydrogen-bond acceptors (Lipinski definition) is 5. The summed E-state index contributed by atoms with van der Waals surface area (Å²) in [6, 6.07) is 22.3. The third-order valence-electron chi connectivity index (χ3n) is 4.34. The lowest BCUT2D eigenvalue weighted by atomic mass is 10.2. The molecule has 8 heteroatoms. The Morgan fingerprint density at radius 1 is 0.867 bits per heavy atom. The lowest BCUT2D eigenvalue weighted by Gasteiger charge is -2.06. The molecule has 0 aliphatic heterocycles. The van der Waals surface area contributed by atoms with Crippen molar-refractivity contribution in [3.63, 3.8) is 0 Å². The zero-order chi connectivity index (χ0) is 21.1. The Morgan fingerprint density at radius 3 is 2.30 bits per heavy atom. The highest BCUT2D eigenvalue weighted by Crippen LogP contribution is 2.33. The molecule has 4 rings (SSSR count). The molecule has 0 saturated heterocycles. The van der Waals surface area contributed by atoms with E-state index in [9.17, 15) is 8.42 Å². The van der Waals surface area contributed by atoms with E-state index in [1.807, 2.05) is 30.3 Å². The minimum absolute atomic E-state index is 0.0591. The average molecular weight is 459 g/mol. The highest BCUT2D eigenvalue weighted by Gasteiger charge is 2.28. The Labute approximate surface area is 184 Å². The predicted molar refractivity (Wildman–Crippen MR) is 118 cm³/mol. The SMILES string of the molecule is O=S(=O)(c1ccc(Cl)cc1)c1nc(-c2cccc(Cl)c2)oc1NCc1ccccc1. The van der Waals surface area contributed by atoms with Crippen molar-refractivity contribution in [3.05, 3.63) is 94.5 Å². The van der Waals surface area contributed by atoms with Crippen LogP contribution in [0.5, 0.6) is 0 Å². The number of nitrogens with one attached hydrogen (secondary N) is 1. The first-order chi connectivity index (χ1) is 14.4. The van der Waals surface area contributed by atoms with Gasteiger partial charge in [-0.25, -0.2) is 8.42 Å². The number of nitrogens with zero attached hydrogens (tertiary/aromatic N) is 1. The van der Waals surface area contributed by atoms with Crippen LogP contribution in [0.4, 0.5) is 5.88 Å². The lowest BCUT2D eigenvalue weighted by Crippen LogP contribution is -2.07. The maximum atomic E-state index is 13.3. The molecule has 0 aliphatic rings. The number of rotatable bonds is 6. The van der Waals surface area contributed by atoms with Gasteiger partial charge in [-0.1, -0.05) is 59.6 Å². The number of halogens is 2. The van der Waals surface area contributed by atoms with E-state index in [0.717, 1.165) is 5.56 Å². The maximum Gasteiger partial charge on any atom is 0.234 e. The van der Waals surface area contributed by atoms with Gasteiger partial charge in [0.15, 0.2) is 0 Å². The van der Waals surface area contributed by atoms with Gasteiger partial charge < -0.3 is 9.73 Å². The van der Waals surface area contributed by atoms with Gasteiger partial charge in [0.2, 0.25) is 26.6 Å². The Kier molecular flexibility index (Phi) is 5.81. The fourth-order valence-corrected chi connectivity index (χ4v) is 4.44. The van der Waals surface area contributed by atoms with Crippen LogP contribution in [0.25, 0.3) is 11.5 Å². The Bertz CT molecular complexity index is 1270. The first-order valence-corrected chi connectivity index (χ1v) is 11.2. The van der Waals surface area contributed by atoms with Crippen LogP contribution in [-0.4, -0.2) is 13.4 Å². The molecule has 3 aromatic carbocycles. The van der Waals surface area contributed by atoms with E-state index < -0.39 is 9.84 Å². The molecule has 0 spiro atoms. The second-order valence-electron chi connectivity index (χ2n) is 6.46. The van der Waals surface area contributed by atoms with E-state index in [-0.39, 0.29) is 21.7 Å². The summed E-state index contributed by atoms with van der Waals surface area (Å²) >= 11 is 12.0. The van der Waals surface area contributed by atoms with E-state index in [2.05, 4.69) is 10.3 Å². The lowest BCUT2D eigenvalue weighted by molar-refractivity contribution is 0.576. The van der Waals surface area contributed by atoms with Crippen LogP contribution in [0.1, 0.15) is 5.56 Å². The molecule has 0 unspecified atom stereocenters. The normalized spacial score (nSPS) is 11.4. The van der Waals surface area contributed by atoms with Crippen LogP contribution in [0.2, 0.25) is 10.0 Å². The van der Waals surface area contributed by atoms with Crippen LogP contribution >= 0.6 is 23.2 Å². The topological polar surface area (TPSA) is 72.2 Å². The molecular formula is C22H16Cl2N2O3S. The summed E-state index contributed by atoms with van der Waals surface area (Å²) in [5.41, 5.74) is 1.54. The zero-order valence-electron chi connectivity index (χ0n) is 15.5. The van der Waals surface area contributed by atoms with Crippen molar-refractivity contribution < 1.29 is 12.8 Å². The van der Waals surface area contributed by atoms with Crippen LogP contribution < -0.4 is 5.32 Å². The van der Waals surface area contributed by atoms with Crippen molar-refractivity contribution in [1.82, 2.24) is 4.98 Å². The van der Waals surface area contributed by atoms with Gasteiger partial charge in [0.1, 0.15) is 0 Å². The number of anilines is 1. The zero-order valence-corrected chi connectivity index (χ0v) is 17.9. The van der Waals surface area contributed by atoms with Gasteiger partial charge >= 0.3 is 0 Å². The number of oxazole rings is 1. The van der Waals surface area contributed by atoms with Crippen LogP contribution in [-0.2, 0) is 16.4 Å². The average Bonchev–Trinajstić information content (AvgIpc) is 3.19. The quantitative estimate of drug-likeness (QED) is 0.378. The van der Waals surface area contributed by atoms with E-state index in [1.165, 1.54) is 24.3 Å². The van der Waals surface area contributed by atoms with Crippen LogP contribution in [0.15, 0.2) is 93.2 Å². The number of benzene rings is 3. The van der Waals surface area contributed by atoms with Crippen LogP contribution in [0, 0.1) is 0 Å². The molecule has 0 bridgehead atoms. The van der Waals surface area contributed by atoms with Gasteiger partial charge in [-0.3, -0.25) is 0 Å². The third-order valence-corrected chi connectivity index (χ3v) is 6.51. The fraction of sp³-hybridized carbons (Fsp3) is 0.0455. The molecule has 0 fully saturated rings. The summed E-state index contributed by atoms with van der Waals surface area (Å²) in [6.45, 7) is 0.369. The van der Waals surface area contributed by atoms with E-state index in [0.29, 0.717) is 22.2 Å². The van der Waals surface area contributed by atoms with Gasteiger partial charge in [-0.2, -0.15) is 4.98 Å². The first-order valence-electron chi connectivity index (χ1n) is 8.99. The molecule has 0 radical (unpaired) electrons. The Hall–Kier alpha value is -2.80. The summed E-state index contributed by atoms with van der Waals surface area (Å²) in [6.07, 6.45) is 0. The summed E-state index contributed by atoms with van der Waals surface area (Å²) in [5.74, 6) is 0.212. The smallest absolute Gasteiger partial charge is 0.234 e. The third kappa shape index (κ3) is 4.36. The van der Waals surface area contributed by atoms with Gasteiger partial charge in [0.25, 0.3) is 0 Å². The molecule has 1 N–H and O–H groups in total. The van der Waals surface area contributed by atoms with E-state index in [4.69, 9.17) is 27.6 Å². The van der Waals surface area contributed by atoms with Gasteiger partial charge in [-0.15, -0.1) is 0 Å².